The first-order valence-corrected chi connectivity index (χ1v) is 6.95. The van der Waals surface area contributed by atoms with Crippen molar-refractivity contribution in [2.75, 3.05) is 5.32 Å². The summed E-state index contributed by atoms with van der Waals surface area (Å²) in [5, 5.41) is 13.1. The summed E-state index contributed by atoms with van der Waals surface area (Å²) in [6.45, 7) is 0. The van der Waals surface area contributed by atoms with Crippen LogP contribution in [0, 0.1) is 10.1 Å². The van der Waals surface area contributed by atoms with Gasteiger partial charge in [0.15, 0.2) is 0 Å². The molecule has 1 aliphatic rings. The molecule has 2 aromatic carbocycles. The topological polar surface area (TPSA) is 89.3 Å². The molecule has 2 aromatic rings. The molecule has 23 heavy (non-hydrogen) atoms. The fourth-order valence-corrected chi connectivity index (χ4v) is 2.47. The molecule has 0 unspecified atom stereocenters. The molecule has 1 aliphatic carbocycles. The zero-order valence-corrected chi connectivity index (χ0v) is 12.0. The number of nitrogens with one attached hydrogen (secondary N) is 1. The fraction of sp³-hybridized carbons (Fsp3) is 0.0588. The van der Waals surface area contributed by atoms with Crippen LogP contribution in [-0.4, -0.2) is 16.6 Å². The van der Waals surface area contributed by atoms with Crippen molar-refractivity contribution in [1.29, 1.82) is 0 Å². The largest absolute Gasteiger partial charge is 0.319 e. The second-order valence-electron chi connectivity index (χ2n) is 5.07. The Morgan fingerprint density at radius 1 is 1.04 bits per heavy atom. The highest BCUT2D eigenvalue weighted by Gasteiger charge is 2.25. The first kappa shape index (κ1) is 14.6. The summed E-state index contributed by atoms with van der Waals surface area (Å²) in [5.74, 6) is -1.38. The Bertz CT molecular complexity index is 838. The number of fused-ring (bicyclic) bond motifs is 1. The molecular formula is C17H12N2O4. The lowest BCUT2D eigenvalue weighted by Gasteiger charge is -2.06. The molecular weight excluding hydrogens is 296 g/mol. The predicted molar refractivity (Wildman–Crippen MR) is 84.9 cm³/mol. The van der Waals surface area contributed by atoms with E-state index >= 15 is 0 Å². The number of non-ortho nitro benzene ring substituents is 1. The standard InChI is InChI=1S/C17H12N2O4/c20-16(15-10-5-11-3-1-2-4-14(11)15)17(21)18-12-6-8-13(9-7-12)19(22)23/h1-4,6-10H,5H2,(H,18,21). The van der Waals surface area contributed by atoms with E-state index in [1.807, 2.05) is 24.3 Å². The highest BCUT2D eigenvalue weighted by atomic mass is 16.6. The van der Waals surface area contributed by atoms with Crippen LogP contribution in [0.25, 0.3) is 5.57 Å². The Balaban J connectivity index is 1.74. The van der Waals surface area contributed by atoms with Crippen molar-refractivity contribution in [2.45, 2.75) is 6.42 Å². The molecule has 1 N–H and O–H groups in total. The van der Waals surface area contributed by atoms with Gasteiger partial charge in [-0.05, 0) is 29.7 Å². The van der Waals surface area contributed by atoms with Crippen molar-refractivity contribution in [3.63, 3.8) is 0 Å². The van der Waals surface area contributed by atoms with E-state index in [1.54, 1.807) is 6.08 Å². The molecule has 0 fully saturated rings. The van der Waals surface area contributed by atoms with E-state index in [4.69, 9.17) is 0 Å². The minimum absolute atomic E-state index is 0.0817. The number of anilines is 1. The third-order valence-corrected chi connectivity index (χ3v) is 3.62. The predicted octanol–water partition coefficient (Wildman–Crippen LogP) is 2.74. The zero-order valence-electron chi connectivity index (χ0n) is 12.0. The van der Waals surface area contributed by atoms with E-state index < -0.39 is 16.6 Å². The molecule has 114 valence electrons. The number of allylic oxidation sites excluding steroid dienone is 1. The van der Waals surface area contributed by atoms with Crippen LogP contribution in [0.5, 0.6) is 0 Å². The summed E-state index contributed by atoms with van der Waals surface area (Å²) >= 11 is 0. The second-order valence-corrected chi connectivity index (χ2v) is 5.07. The van der Waals surface area contributed by atoms with Gasteiger partial charge in [0.1, 0.15) is 0 Å². The van der Waals surface area contributed by atoms with Crippen LogP contribution in [-0.2, 0) is 16.0 Å². The van der Waals surface area contributed by atoms with Crippen molar-refractivity contribution in [1.82, 2.24) is 0 Å². The SMILES string of the molecule is O=C(Nc1ccc([N+](=O)[O-])cc1)C(=O)C1=CCc2ccccc21. The Labute approximate surface area is 131 Å². The third kappa shape index (κ3) is 2.87. The minimum Gasteiger partial charge on any atom is -0.319 e. The minimum atomic E-state index is -0.762. The number of carbonyl (C=O) groups is 2. The van der Waals surface area contributed by atoms with E-state index in [2.05, 4.69) is 5.32 Å². The molecule has 1 amide bonds. The number of Topliss-reactive ketones (excluding diaryl/α,β-unsaturated/α-hetero) is 1. The van der Waals surface area contributed by atoms with Gasteiger partial charge in [-0.2, -0.15) is 0 Å². The van der Waals surface area contributed by atoms with Crippen LogP contribution in [0.2, 0.25) is 0 Å². The molecule has 0 saturated heterocycles. The third-order valence-electron chi connectivity index (χ3n) is 3.62. The Morgan fingerprint density at radius 2 is 1.74 bits per heavy atom. The molecule has 0 aliphatic heterocycles. The number of hydrogen-bond donors (Lipinski definition) is 1. The molecule has 3 rings (SSSR count). The summed E-state index contributed by atoms with van der Waals surface area (Å²) in [6.07, 6.45) is 2.37. The van der Waals surface area contributed by atoms with E-state index in [9.17, 15) is 19.7 Å². The van der Waals surface area contributed by atoms with Crippen molar-refractivity contribution in [3.05, 3.63) is 75.8 Å². The summed E-state index contributed by atoms with van der Waals surface area (Å²) in [6, 6.07) is 12.7. The van der Waals surface area contributed by atoms with Gasteiger partial charge in [-0.15, -0.1) is 0 Å². The van der Waals surface area contributed by atoms with E-state index in [0.29, 0.717) is 17.7 Å². The van der Waals surface area contributed by atoms with Gasteiger partial charge in [0, 0.05) is 23.4 Å². The van der Waals surface area contributed by atoms with Gasteiger partial charge >= 0.3 is 0 Å². The Kier molecular flexibility index (Phi) is 3.72. The second kappa shape index (κ2) is 5.84. The molecule has 0 spiro atoms. The molecule has 6 nitrogen and oxygen atoms in total. The molecule has 6 heteroatoms. The number of carbonyl (C=O) groups excluding carboxylic acids is 2. The Morgan fingerprint density at radius 3 is 2.43 bits per heavy atom. The molecule has 0 radical (unpaired) electrons. The van der Waals surface area contributed by atoms with Gasteiger partial charge < -0.3 is 5.32 Å². The number of nitro groups is 1. The van der Waals surface area contributed by atoms with Crippen molar-refractivity contribution in [2.24, 2.45) is 0 Å². The maximum absolute atomic E-state index is 12.3. The van der Waals surface area contributed by atoms with Crippen LogP contribution in [0.15, 0.2) is 54.6 Å². The van der Waals surface area contributed by atoms with Crippen LogP contribution in [0.3, 0.4) is 0 Å². The lowest BCUT2D eigenvalue weighted by atomic mass is 10.0. The summed E-state index contributed by atoms with van der Waals surface area (Å²) in [7, 11) is 0. The van der Waals surface area contributed by atoms with Gasteiger partial charge in [0.2, 0.25) is 0 Å². The lowest BCUT2D eigenvalue weighted by Crippen LogP contribution is -2.23. The molecule has 0 atom stereocenters. The summed E-state index contributed by atoms with van der Waals surface area (Å²) in [4.78, 5) is 34.5. The maximum atomic E-state index is 12.3. The van der Waals surface area contributed by atoms with Gasteiger partial charge in [-0.25, -0.2) is 0 Å². The quantitative estimate of drug-likeness (QED) is 0.534. The number of benzene rings is 2. The highest BCUT2D eigenvalue weighted by Crippen LogP contribution is 2.28. The summed E-state index contributed by atoms with van der Waals surface area (Å²) < 4.78 is 0. The average Bonchev–Trinajstić information content (AvgIpc) is 2.98. The summed E-state index contributed by atoms with van der Waals surface area (Å²) in [5.41, 5.74) is 2.43. The van der Waals surface area contributed by atoms with Gasteiger partial charge in [0.05, 0.1) is 4.92 Å². The fourth-order valence-electron chi connectivity index (χ4n) is 2.47. The number of rotatable bonds is 4. The highest BCUT2D eigenvalue weighted by molar-refractivity contribution is 6.56. The van der Waals surface area contributed by atoms with Crippen LogP contribution < -0.4 is 5.32 Å². The van der Waals surface area contributed by atoms with Crippen LogP contribution >= 0.6 is 0 Å². The Hall–Kier alpha value is -3.28. The van der Waals surface area contributed by atoms with Crippen molar-refractivity contribution in [3.8, 4) is 0 Å². The molecule has 0 bridgehead atoms. The van der Waals surface area contributed by atoms with Crippen LogP contribution in [0.4, 0.5) is 11.4 Å². The van der Waals surface area contributed by atoms with Gasteiger partial charge in [-0.3, -0.25) is 19.7 Å². The van der Waals surface area contributed by atoms with Gasteiger partial charge in [-0.1, -0.05) is 30.3 Å². The van der Waals surface area contributed by atoms with Crippen LogP contribution in [0.1, 0.15) is 11.1 Å². The first-order valence-electron chi connectivity index (χ1n) is 6.95. The smallest absolute Gasteiger partial charge is 0.296 e. The van der Waals surface area contributed by atoms with E-state index in [1.165, 1.54) is 24.3 Å². The zero-order chi connectivity index (χ0) is 16.4. The average molecular weight is 308 g/mol. The number of nitro benzene ring substituents is 1. The van der Waals surface area contributed by atoms with Crippen molar-refractivity contribution < 1.29 is 14.5 Å². The van der Waals surface area contributed by atoms with Gasteiger partial charge in [0.25, 0.3) is 17.4 Å². The van der Waals surface area contributed by atoms with E-state index in [0.717, 1.165) is 11.1 Å². The maximum Gasteiger partial charge on any atom is 0.296 e. The van der Waals surface area contributed by atoms with Crippen molar-refractivity contribution >= 4 is 28.6 Å². The number of ketones is 1. The molecule has 0 aromatic heterocycles. The molecule has 0 heterocycles. The normalized spacial score (nSPS) is 12.3. The number of nitrogens with zero attached hydrogens (tertiary/aromatic N) is 1. The lowest BCUT2D eigenvalue weighted by molar-refractivity contribution is -0.384. The van der Waals surface area contributed by atoms with E-state index in [-0.39, 0.29) is 5.69 Å². The molecule has 0 saturated carbocycles. The first-order chi connectivity index (χ1) is 11.1. The number of hydrogen-bond acceptors (Lipinski definition) is 4. The number of amides is 1. The monoisotopic (exact) mass is 308 g/mol.